The van der Waals surface area contributed by atoms with E-state index in [1.165, 1.54) is 0 Å². The molecule has 0 unspecified atom stereocenters. The molecule has 0 radical (unpaired) electrons. The summed E-state index contributed by atoms with van der Waals surface area (Å²) in [4.78, 5) is 27.4. The van der Waals surface area contributed by atoms with Gasteiger partial charge in [0.05, 0.1) is 36.4 Å². The first-order chi connectivity index (χ1) is 13.8. The van der Waals surface area contributed by atoms with Crippen LogP contribution < -0.4 is 10.0 Å². The Labute approximate surface area is 169 Å². The summed E-state index contributed by atoms with van der Waals surface area (Å²) in [5.74, 6) is -0.602. The number of morpholine rings is 1. The van der Waals surface area contributed by atoms with Gasteiger partial charge in [-0.3, -0.25) is 14.3 Å². The van der Waals surface area contributed by atoms with Gasteiger partial charge >= 0.3 is 0 Å². The lowest BCUT2D eigenvalue weighted by Crippen LogP contribution is -2.41. The van der Waals surface area contributed by atoms with E-state index in [2.05, 4.69) is 10.0 Å². The van der Waals surface area contributed by atoms with Crippen LogP contribution in [0.25, 0.3) is 0 Å². The molecule has 2 N–H and O–H groups in total. The van der Waals surface area contributed by atoms with E-state index in [-0.39, 0.29) is 5.91 Å². The van der Waals surface area contributed by atoms with Crippen LogP contribution in [0.5, 0.6) is 0 Å². The highest BCUT2D eigenvalue weighted by Crippen LogP contribution is 2.23. The van der Waals surface area contributed by atoms with Gasteiger partial charge in [0.1, 0.15) is 0 Å². The zero-order chi connectivity index (χ0) is 21.0. The molecule has 0 atom stereocenters. The zero-order valence-electron chi connectivity index (χ0n) is 16.3. The van der Waals surface area contributed by atoms with Crippen molar-refractivity contribution >= 4 is 33.2 Å². The molecule has 154 valence electrons. The second-order valence-corrected chi connectivity index (χ2v) is 8.51. The molecular formula is C20H23N3O5S. The van der Waals surface area contributed by atoms with Crippen LogP contribution in [0.15, 0.2) is 42.5 Å². The highest BCUT2D eigenvalue weighted by Gasteiger charge is 2.22. The van der Waals surface area contributed by atoms with E-state index in [0.29, 0.717) is 54.4 Å². The monoisotopic (exact) mass is 417 g/mol. The standard InChI is InChI=1S/C20H23N3O5S/c1-14-15(7-5-9-17(14)22-29(2,26)27)19(24)21-18-8-4-3-6-16(18)20(25)23-10-12-28-13-11-23/h3-9,22H,10-13H2,1-2H3,(H,21,24). The van der Waals surface area contributed by atoms with Gasteiger partial charge in [-0.2, -0.15) is 0 Å². The fourth-order valence-electron chi connectivity index (χ4n) is 3.10. The first kappa shape index (κ1) is 20.8. The molecule has 0 saturated carbocycles. The van der Waals surface area contributed by atoms with E-state index in [4.69, 9.17) is 4.74 Å². The van der Waals surface area contributed by atoms with Gasteiger partial charge in [-0.1, -0.05) is 18.2 Å². The van der Waals surface area contributed by atoms with Crippen LogP contribution >= 0.6 is 0 Å². The van der Waals surface area contributed by atoms with E-state index >= 15 is 0 Å². The number of rotatable bonds is 5. The lowest BCUT2D eigenvalue weighted by molar-refractivity contribution is 0.0303. The van der Waals surface area contributed by atoms with Gasteiger partial charge < -0.3 is 15.0 Å². The lowest BCUT2D eigenvalue weighted by atomic mass is 10.1. The second-order valence-electron chi connectivity index (χ2n) is 6.76. The maximum Gasteiger partial charge on any atom is 0.256 e. The molecule has 1 heterocycles. The topological polar surface area (TPSA) is 105 Å². The molecule has 0 spiro atoms. The number of nitrogens with zero attached hydrogens (tertiary/aromatic N) is 1. The second kappa shape index (κ2) is 8.62. The molecule has 0 aliphatic carbocycles. The average Bonchev–Trinajstić information content (AvgIpc) is 2.69. The fourth-order valence-corrected chi connectivity index (χ4v) is 3.72. The average molecular weight is 417 g/mol. The van der Waals surface area contributed by atoms with E-state index in [1.807, 2.05) is 0 Å². The Balaban J connectivity index is 1.85. The Morgan fingerprint density at radius 1 is 0.966 bits per heavy atom. The van der Waals surface area contributed by atoms with Crippen LogP contribution in [0.2, 0.25) is 0 Å². The highest BCUT2D eigenvalue weighted by atomic mass is 32.2. The number of nitrogens with one attached hydrogen (secondary N) is 2. The van der Waals surface area contributed by atoms with Gasteiger partial charge in [0, 0.05) is 18.7 Å². The number of hydrogen-bond acceptors (Lipinski definition) is 5. The number of carbonyl (C=O) groups excluding carboxylic acids is 2. The maximum atomic E-state index is 12.9. The molecule has 8 nitrogen and oxygen atoms in total. The summed E-state index contributed by atoms with van der Waals surface area (Å²) >= 11 is 0. The van der Waals surface area contributed by atoms with Crippen LogP contribution in [0, 0.1) is 6.92 Å². The first-order valence-electron chi connectivity index (χ1n) is 9.11. The number of hydrogen-bond donors (Lipinski definition) is 2. The predicted octanol–water partition coefficient (Wildman–Crippen LogP) is 2.09. The molecule has 29 heavy (non-hydrogen) atoms. The number of sulfonamides is 1. The largest absolute Gasteiger partial charge is 0.378 e. The molecule has 1 aliphatic rings. The van der Waals surface area contributed by atoms with Crippen molar-refractivity contribution in [1.82, 2.24) is 4.90 Å². The number of amides is 2. The molecule has 9 heteroatoms. The highest BCUT2D eigenvalue weighted by molar-refractivity contribution is 7.92. The van der Waals surface area contributed by atoms with Gasteiger partial charge in [-0.25, -0.2) is 8.42 Å². The summed E-state index contributed by atoms with van der Waals surface area (Å²) in [6.45, 7) is 3.63. The molecule has 2 amide bonds. The molecule has 0 aromatic heterocycles. The minimum Gasteiger partial charge on any atom is -0.378 e. The third-order valence-corrected chi connectivity index (χ3v) is 5.17. The maximum absolute atomic E-state index is 12.9. The zero-order valence-corrected chi connectivity index (χ0v) is 17.1. The normalized spacial score (nSPS) is 14.3. The summed E-state index contributed by atoms with van der Waals surface area (Å²) in [7, 11) is -3.47. The van der Waals surface area contributed by atoms with Crippen molar-refractivity contribution in [1.29, 1.82) is 0 Å². The SMILES string of the molecule is Cc1c(NS(C)(=O)=O)cccc1C(=O)Nc1ccccc1C(=O)N1CCOCC1. The van der Waals surface area contributed by atoms with Crippen LogP contribution in [-0.2, 0) is 14.8 Å². The first-order valence-corrected chi connectivity index (χ1v) is 11.0. The van der Waals surface area contributed by atoms with Crippen molar-refractivity contribution in [2.24, 2.45) is 0 Å². The molecule has 3 rings (SSSR count). The van der Waals surface area contributed by atoms with Gasteiger partial charge in [-0.15, -0.1) is 0 Å². The van der Waals surface area contributed by atoms with Crippen molar-refractivity contribution in [3.8, 4) is 0 Å². The van der Waals surface area contributed by atoms with Crippen LogP contribution in [0.4, 0.5) is 11.4 Å². The number of anilines is 2. The predicted molar refractivity (Wildman–Crippen MR) is 111 cm³/mol. The van der Waals surface area contributed by atoms with Crippen LogP contribution in [0.3, 0.4) is 0 Å². The smallest absolute Gasteiger partial charge is 0.256 e. The molecular weight excluding hydrogens is 394 g/mol. The molecule has 2 aromatic carbocycles. The molecule has 2 aromatic rings. The van der Waals surface area contributed by atoms with Crippen molar-refractivity contribution in [2.75, 3.05) is 42.6 Å². The van der Waals surface area contributed by atoms with Crippen molar-refractivity contribution in [2.45, 2.75) is 6.92 Å². The minimum absolute atomic E-state index is 0.173. The molecule has 1 saturated heterocycles. The number of ether oxygens (including phenoxy) is 1. The van der Waals surface area contributed by atoms with E-state index in [0.717, 1.165) is 6.26 Å². The summed E-state index contributed by atoms with van der Waals surface area (Å²) in [5.41, 5.74) is 1.93. The number of carbonyl (C=O) groups is 2. The van der Waals surface area contributed by atoms with Crippen LogP contribution in [0.1, 0.15) is 26.3 Å². The summed E-state index contributed by atoms with van der Waals surface area (Å²) < 4.78 is 30.8. The molecule has 1 aliphatic heterocycles. The summed E-state index contributed by atoms with van der Waals surface area (Å²) in [6, 6.07) is 11.6. The Morgan fingerprint density at radius 3 is 2.28 bits per heavy atom. The summed E-state index contributed by atoms with van der Waals surface area (Å²) in [5, 5.41) is 2.78. The van der Waals surface area contributed by atoms with Gasteiger partial charge in [-0.05, 0) is 36.8 Å². The van der Waals surface area contributed by atoms with Crippen molar-refractivity contribution in [3.05, 3.63) is 59.2 Å². The van der Waals surface area contributed by atoms with Gasteiger partial charge in [0.2, 0.25) is 10.0 Å². The van der Waals surface area contributed by atoms with E-state index in [1.54, 1.807) is 54.3 Å². The quantitative estimate of drug-likeness (QED) is 0.775. The number of benzene rings is 2. The van der Waals surface area contributed by atoms with Gasteiger partial charge in [0.25, 0.3) is 11.8 Å². The third kappa shape index (κ3) is 5.12. The van der Waals surface area contributed by atoms with Gasteiger partial charge in [0.15, 0.2) is 0 Å². The Hall–Kier alpha value is -2.91. The Morgan fingerprint density at radius 2 is 1.59 bits per heavy atom. The Kier molecular flexibility index (Phi) is 6.19. The lowest BCUT2D eigenvalue weighted by Gasteiger charge is -2.27. The minimum atomic E-state index is -3.47. The van der Waals surface area contributed by atoms with E-state index in [9.17, 15) is 18.0 Å². The number of para-hydroxylation sites is 1. The van der Waals surface area contributed by atoms with Crippen LogP contribution in [-0.4, -0.2) is 57.7 Å². The fraction of sp³-hybridized carbons (Fsp3) is 0.300. The van der Waals surface area contributed by atoms with Crippen molar-refractivity contribution < 1.29 is 22.7 Å². The molecule has 0 bridgehead atoms. The third-order valence-electron chi connectivity index (χ3n) is 4.58. The summed E-state index contributed by atoms with van der Waals surface area (Å²) in [6.07, 6.45) is 1.05. The Bertz CT molecular complexity index is 1030. The molecule has 1 fully saturated rings. The van der Waals surface area contributed by atoms with Crippen molar-refractivity contribution in [3.63, 3.8) is 0 Å². The van der Waals surface area contributed by atoms with E-state index < -0.39 is 15.9 Å².